The summed E-state index contributed by atoms with van der Waals surface area (Å²) in [4.78, 5) is 11.1. The van der Waals surface area contributed by atoms with E-state index >= 15 is 4.39 Å². The predicted octanol–water partition coefficient (Wildman–Crippen LogP) is 3.07. The Hall–Kier alpha value is -2.08. The van der Waals surface area contributed by atoms with Gasteiger partial charge in [0.15, 0.2) is 5.82 Å². The van der Waals surface area contributed by atoms with Gasteiger partial charge in [-0.25, -0.2) is 8.78 Å². The summed E-state index contributed by atoms with van der Waals surface area (Å²) in [5, 5.41) is 16.6. The number of halogens is 3. The first-order chi connectivity index (χ1) is 19.3. The third kappa shape index (κ3) is 6.47. The molecule has 4 N–H and O–H groups in total. The minimum atomic E-state index is -0.753. The first-order valence-corrected chi connectivity index (χ1v) is 13.9. The van der Waals surface area contributed by atoms with E-state index in [0.29, 0.717) is 30.8 Å². The Morgan fingerprint density at radius 1 is 1.34 bits per heavy atom. The van der Waals surface area contributed by atoms with Crippen LogP contribution in [-0.2, 0) is 0 Å². The van der Waals surface area contributed by atoms with E-state index in [4.69, 9.17) is 22.1 Å². The molecule has 1 aliphatic rings. The Morgan fingerprint density at radius 3 is 2.85 bits per heavy atom. The Labute approximate surface area is 288 Å². The van der Waals surface area contributed by atoms with Crippen LogP contribution in [0.5, 0.6) is 6.01 Å². The standard InChI is InChI=1S/C28H27ClF2N7OS.K/c1-3-8-34-9-10-35-27-17-12-19(29)22(16-6-7-20(30)25-21(16)18(13-32)26(33)40-25)23(31)24(17)36-28(37-27)39-14-15-5-4-11-38(15)2;/h6-7,9-10,12,15,34H,1,3-5,8,11,14,33H2,2H3,(H,35,36,37);/q-1;+1/b10-9+;. The van der Waals surface area contributed by atoms with Gasteiger partial charge in [0.05, 0.1) is 15.3 Å². The number of nitrogens with one attached hydrogen (secondary N) is 2. The normalized spacial score (nSPS) is 15.4. The van der Waals surface area contributed by atoms with Crippen molar-refractivity contribution in [1.29, 1.82) is 5.26 Å². The van der Waals surface area contributed by atoms with Crippen LogP contribution in [-0.4, -0.2) is 47.7 Å². The summed E-state index contributed by atoms with van der Waals surface area (Å²) in [6.07, 6.45) is 6.08. The van der Waals surface area contributed by atoms with Crippen molar-refractivity contribution >= 4 is 54.7 Å². The topological polar surface area (TPSA) is 112 Å². The van der Waals surface area contributed by atoms with Gasteiger partial charge in [0.1, 0.15) is 34.8 Å². The average Bonchev–Trinajstić information content (AvgIpc) is 3.51. The summed E-state index contributed by atoms with van der Waals surface area (Å²) in [6, 6.07) is 6.36. The zero-order chi connectivity index (χ0) is 28.4. The van der Waals surface area contributed by atoms with Gasteiger partial charge < -0.3 is 32.9 Å². The zero-order valence-electron chi connectivity index (χ0n) is 22.7. The summed E-state index contributed by atoms with van der Waals surface area (Å²) in [5.74, 6) is -1.02. The predicted molar refractivity (Wildman–Crippen MR) is 156 cm³/mol. The maximum Gasteiger partial charge on any atom is 1.00 e. The van der Waals surface area contributed by atoms with Gasteiger partial charge in [-0.3, -0.25) is 0 Å². The van der Waals surface area contributed by atoms with Gasteiger partial charge in [-0.05, 0) is 50.7 Å². The van der Waals surface area contributed by atoms with Crippen molar-refractivity contribution in [3.63, 3.8) is 0 Å². The third-order valence-electron chi connectivity index (χ3n) is 6.88. The minimum Gasteiger partial charge on any atom is -0.462 e. The molecule has 1 atom stereocenters. The van der Waals surface area contributed by atoms with E-state index in [1.807, 2.05) is 13.1 Å². The summed E-state index contributed by atoms with van der Waals surface area (Å²) < 4.78 is 37.2. The van der Waals surface area contributed by atoms with Gasteiger partial charge in [0.25, 0.3) is 0 Å². The molecule has 0 bridgehead atoms. The number of fused-ring (bicyclic) bond motifs is 2. The van der Waals surface area contributed by atoms with Crippen molar-refractivity contribution in [1.82, 2.24) is 20.2 Å². The monoisotopic (exact) mass is 621 g/mol. The SMILES string of the molecule is [CH2-]CCN/C=C/Nc1nc(OCC2CCCN2C)nc2c(F)c(-c3ccc(F)c4sc(N)c(C#N)c34)c(Cl)cc12.[K+]. The van der Waals surface area contributed by atoms with Crippen molar-refractivity contribution in [2.45, 2.75) is 25.3 Å². The van der Waals surface area contributed by atoms with E-state index in [1.165, 1.54) is 12.1 Å². The molecule has 8 nitrogen and oxygen atoms in total. The number of nitrogens with zero attached hydrogens (tertiary/aromatic N) is 4. The molecule has 1 unspecified atom stereocenters. The number of nitrogen functional groups attached to an aromatic ring is 1. The van der Waals surface area contributed by atoms with E-state index < -0.39 is 11.6 Å². The Bertz CT molecular complexity index is 1660. The average molecular weight is 622 g/mol. The van der Waals surface area contributed by atoms with Gasteiger partial charge in [0, 0.05) is 34.8 Å². The summed E-state index contributed by atoms with van der Waals surface area (Å²) in [6.45, 7) is 5.79. The second-order valence-electron chi connectivity index (χ2n) is 9.42. The van der Waals surface area contributed by atoms with Crippen LogP contribution >= 0.6 is 22.9 Å². The summed E-state index contributed by atoms with van der Waals surface area (Å²) in [7, 11) is 2.03. The molecule has 1 aliphatic heterocycles. The van der Waals surface area contributed by atoms with E-state index in [9.17, 15) is 9.65 Å². The Kier molecular flexibility index (Phi) is 10.8. The molecule has 0 spiro atoms. The van der Waals surface area contributed by atoms with Gasteiger partial charge >= 0.3 is 57.4 Å². The molecule has 2 aromatic carbocycles. The number of hydrogen-bond acceptors (Lipinski definition) is 9. The molecule has 5 rings (SSSR count). The molecule has 13 heteroatoms. The van der Waals surface area contributed by atoms with E-state index in [2.05, 4.69) is 32.4 Å². The summed E-state index contributed by atoms with van der Waals surface area (Å²) >= 11 is 7.59. The fraction of sp³-hybridized carbons (Fsp3) is 0.286. The van der Waals surface area contributed by atoms with E-state index in [0.717, 1.165) is 30.7 Å². The van der Waals surface area contributed by atoms with Crippen LogP contribution in [0.1, 0.15) is 24.8 Å². The van der Waals surface area contributed by atoms with Gasteiger partial charge in [-0.15, -0.1) is 11.3 Å². The second-order valence-corrected chi connectivity index (χ2v) is 10.9. The molecule has 3 heterocycles. The quantitative estimate of drug-likeness (QED) is 0.149. The number of likely N-dealkylation sites (tertiary alicyclic amines) is 1. The molecular weight excluding hydrogens is 595 g/mol. The van der Waals surface area contributed by atoms with Crippen molar-refractivity contribution in [3.05, 3.63) is 59.7 Å². The number of nitrogens with two attached hydrogens (primary N) is 1. The van der Waals surface area contributed by atoms with Gasteiger partial charge in [-0.2, -0.15) is 21.7 Å². The molecule has 4 aromatic rings. The molecule has 41 heavy (non-hydrogen) atoms. The van der Waals surface area contributed by atoms with Crippen molar-refractivity contribution in [2.24, 2.45) is 0 Å². The number of benzene rings is 2. The largest absolute Gasteiger partial charge is 1.00 e. The van der Waals surface area contributed by atoms with Crippen LogP contribution in [0, 0.1) is 29.9 Å². The number of nitriles is 1. The number of thiophene rings is 1. The number of ether oxygens (including phenoxy) is 1. The van der Waals surface area contributed by atoms with Crippen LogP contribution in [0.15, 0.2) is 30.6 Å². The number of rotatable bonds is 9. The van der Waals surface area contributed by atoms with Gasteiger partial charge in [0.2, 0.25) is 0 Å². The van der Waals surface area contributed by atoms with Crippen molar-refractivity contribution in [2.75, 3.05) is 37.8 Å². The van der Waals surface area contributed by atoms with Crippen LogP contribution in [0.25, 0.3) is 32.1 Å². The smallest absolute Gasteiger partial charge is 0.462 e. The fourth-order valence-electron chi connectivity index (χ4n) is 4.83. The maximum absolute atomic E-state index is 16.4. The number of anilines is 2. The van der Waals surface area contributed by atoms with Crippen molar-refractivity contribution < 1.29 is 64.9 Å². The Balaban J connectivity index is 0.00000387. The molecule has 2 aromatic heterocycles. The van der Waals surface area contributed by atoms with E-state index in [-0.39, 0.29) is 106 Å². The zero-order valence-corrected chi connectivity index (χ0v) is 27.4. The molecule has 0 aliphatic carbocycles. The fourth-order valence-corrected chi connectivity index (χ4v) is 6.07. The number of aromatic nitrogens is 2. The molecule has 0 amide bonds. The van der Waals surface area contributed by atoms with Crippen LogP contribution in [0.2, 0.25) is 5.02 Å². The third-order valence-corrected chi connectivity index (χ3v) is 8.21. The minimum absolute atomic E-state index is 0. The van der Waals surface area contributed by atoms with Gasteiger partial charge in [-0.1, -0.05) is 17.7 Å². The maximum atomic E-state index is 16.4. The van der Waals surface area contributed by atoms with Crippen molar-refractivity contribution in [3.8, 4) is 23.2 Å². The molecule has 208 valence electrons. The molecule has 1 saturated heterocycles. The molecule has 1 fully saturated rings. The Morgan fingerprint density at radius 2 is 2.15 bits per heavy atom. The van der Waals surface area contributed by atoms with E-state index in [1.54, 1.807) is 18.5 Å². The first kappa shape index (κ1) is 31.8. The molecular formula is C28H27ClF2KN7OS. The second kappa shape index (κ2) is 13.9. The number of hydrogen-bond donors (Lipinski definition) is 3. The summed E-state index contributed by atoms with van der Waals surface area (Å²) in [5.41, 5.74) is 6.25. The molecule has 0 radical (unpaired) electrons. The number of likely N-dealkylation sites (N-methyl/N-ethyl adjacent to an activating group) is 1. The molecule has 0 saturated carbocycles. The van der Waals surface area contributed by atoms with Crippen LogP contribution in [0.3, 0.4) is 0 Å². The van der Waals surface area contributed by atoms with Crippen LogP contribution < -0.4 is 72.5 Å². The van der Waals surface area contributed by atoms with Crippen LogP contribution in [0.4, 0.5) is 19.6 Å². The first-order valence-electron chi connectivity index (χ1n) is 12.7.